The van der Waals surface area contributed by atoms with Gasteiger partial charge in [0.05, 0.1) is 30.9 Å². The minimum absolute atomic E-state index is 0.0912. The molecule has 0 unspecified atom stereocenters. The number of carbonyl (C=O) groups excluding carboxylic acids is 1. The Hall–Kier alpha value is -2.62. The summed E-state index contributed by atoms with van der Waals surface area (Å²) < 4.78 is 43.7. The molecule has 1 aliphatic heterocycles. The summed E-state index contributed by atoms with van der Waals surface area (Å²) >= 11 is 0. The summed E-state index contributed by atoms with van der Waals surface area (Å²) in [6, 6.07) is 10.4. The molecule has 1 N–H and O–H groups in total. The van der Waals surface area contributed by atoms with Gasteiger partial charge in [-0.15, -0.1) is 0 Å². The zero-order valence-electron chi connectivity index (χ0n) is 18.1. The number of ether oxygens (including phenoxy) is 3. The molecule has 1 fully saturated rings. The fourth-order valence-electron chi connectivity index (χ4n) is 4.09. The van der Waals surface area contributed by atoms with Crippen molar-refractivity contribution in [1.82, 2.24) is 4.31 Å². The van der Waals surface area contributed by atoms with E-state index in [2.05, 4.69) is 11.4 Å². The van der Waals surface area contributed by atoms with Crippen molar-refractivity contribution in [2.45, 2.75) is 30.6 Å². The van der Waals surface area contributed by atoms with E-state index in [-0.39, 0.29) is 17.2 Å². The van der Waals surface area contributed by atoms with E-state index in [1.807, 2.05) is 12.1 Å². The van der Waals surface area contributed by atoms with Crippen LogP contribution in [-0.4, -0.2) is 58.7 Å². The first kappa shape index (κ1) is 22.6. The minimum atomic E-state index is -3.70. The number of aryl methyl sites for hydroxylation is 1. The summed E-state index contributed by atoms with van der Waals surface area (Å²) in [6.07, 6.45) is 4.25. The summed E-state index contributed by atoms with van der Waals surface area (Å²) in [6.45, 7) is 1.13. The van der Waals surface area contributed by atoms with E-state index in [1.54, 1.807) is 0 Å². The Kier molecular flexibility index (Phi) is 6.98. The standard InChI is InChI=1S/C23H28N2O6S/c1-29-22-10-9-18(32(27,28)25-11-13-30-14-12-25)15-20(22)24-23(26)16-31-21-8-4-6-17-5-2-3-7-19(17)21/h4,6,8-10,15H,2-3,5,7,11-14,16H2,1H3,(H,24,26). The first-order valence-electron chi connectivity index (χ1n) is 10.8. The summed E-state index contributed by atoms with van der Waals surface area (Å²) in [4.78, 5) is 12.7. The molecule has 2 aromatic rings. The number of sulfonamides is 1. The van der Waals surface area contributed by atoms with Crippen LogP contribution in [0.1, 0.15) is 24.0 Å². The predicted octanol–water partition coefficient (Wildman–Crippen LogP) is 2.61. The number of rotatable bonds is 7. The zero-order chi connectivity index (χ0) is 22.6. The molecule has 32 heavy (non-hydrogen) atoms. The van der Waals surface area contributed by atoms with E-state index in [4.69, 9.17) is 14.2 Å². The van der Waals surface area contributed by atoms with Gasteiger partial charge >= 0.3 is 0 Å². The Morgan fingerprint density at radius 1 is 1.09 bits per heavy atom. The van der Waals surface area contributed by atoms with E-state index in [0.717, 1.165) is 25.0 Å². The summed E-state index contributed by atoms with van der Waals surface area (Å²) in [5.74, 6) is 0.710. The van der Waals surface area contributed by atoms with Crippen molar-refractivity contribution < 1.29 is 27.4 Å². The van der Waals surface area contributed by atoms with Crippen molar-refractivity contribution in [2.24, 2.45) is 0 Å². The number of nitrogens with zero attached hydrogens (tertiary/aromatic N) is 1. The molecule has 0 spiro atoms. The number of amides is 1. The number of carbonyl (C=O) groups is 1. The number of morpholine rings is 1. The van der Waals surface area contributed by atoms with Crippen LogP contribution >= 0.6 is 0 Å². The van der Waals surface area contributed by atoms with Crippen LogP contribution in [0.5, 0.6) is 11.5 Å². The molecule has 2 aliphatic rings. The van der Waals surface area contributed by atoms with Gasteiger partial charge in [0.15, 0.2) is 6.61 Å². The van der Waals surface area contributed by atoms with Crippen LogP contribution in [0.2, 0.25) is 0 Å². The lowest BCUT2D eigenvalue weighted by molar-refractivity contribution is -0.118. The Balaban J connectivity index is 1.47. The third-order valence-electron chi connectivity index (χ3n) is 5.76. The lowest BCUT2D eigenvalue weighted by Crippen LogP contribution is -2.40. The second-order valence-corrected chi connectivity index (χ2v) is 9.75. The van der Waals surface area contributed by atoms with E-state index in [1.165, 1.54) is 47.2 Å². The van der Waals surface area contributed by atoms with Crippen LogP contribution in [0.4, 0.5) is 5.69 Å². The van der Waals surface area contributed by atoms with E-state index in [9.17, 15) is 13.2 Å². The van der Waals surface area contributed by atoms with Crippen molar-refractivity contribution in [2.75, 3.05) is 45.3 Å². The third kappa shape index (κ3) is 4.90. The number of hydrogen-bond donors (Lipinski definition) is 1. The topological polar surface area (TPSA) is 94.2 Å². The van der Waals surface area contributed by atoms with Crippen molar-refractivity contribution >= 4 is 21.6 Å². The first-order valence-corrected chi connectivity index (χ1v) is 12.2. The van der Waals surface area contributed by atoms with Crippen LogP contribution in [-0.2, 0) is 32.4 Å². The van der Waals surface area contributed by atoms with E-state index >= 15 is 0 Å². The highest BCUT2D eigenvalue weighted by Gasteiger charge is 2.27. The monoisotopic (exact) mass is 460 g/mol. The zero-order valence-corrected chi connectivity index (χ0v) is 18.9. The molecule has 8 nitrogen and oxygen atoms in total. The van der Waals surface area contributed by atoms with Gasteiger partial charge in [0, 0.05) is 13.1 Å². The molecule has 4 rings (SSSR count). The Bertz CT molecular complexity index is 1080. The molecule has 0 radical (unpaired) electrons. The highest BCUT2D eigenvalue weighted by molar-refractivity contribution is 7.89. The molecule has 1 aliphatic carbocycles. The average molecular weight is 461 g/mol. The number of hydrogen-bond acceptors (Lipinski definition) is 6. The molecular formula is C23H28N2O6S. The van der Waals surface area contributed by atoms with Crippen molar-refractivity contribution in [3.8, 4) is 11.5 Å². The number of benzene rings is 2. The van der Waals surface area contributed by atoms with E-state index < -0.39 is 15.9 Å². The fourth-order valence-corrected chi connectivity index (χ4v) is 5.53. The van der Waals surface area contributed by atoms with Gasteiger partial charge in [-0.1, -0.05) is 12.1 Å². The predicted molar refractivity (Wildman–Crippen MR) is 120 cm³/mol. The maximum Gasteiger partial charge on any atom is 0.262 e. The number of methoxy groups -OCH3 is 1. The molecule has 1 saturated heterocycles. The highest BCUT2D eigenvalue weighted by Crippen LogP contribution is 2.31. The van der Waals surface area contributed by atoms with Crippen LogP contribution < -0.4 is 14.8 Å². The lowest BCUT2D eigenvalue weighted by atomic mass is 9.91. The van der Waals surface area contributed by atoms with Crippen molar-refractivity contribution in [1.29, 1.82) is 0 Å². The van der Waals surface area contributed by atoms with Gasteiger partial charge in [0.25, 0.3) is 5.91 Å². The molecule has 0 atom stereocenters. The van der Waals surface area contributed by atoms with Gasteiger partial charge in [-0.3, -0.25) is 4.79 Å². The summed E-state index contributed by atoms with van der Waals surface area (Å²) in [5, 5.41) is 2.73. The Morgan fingerprint density at radius 3 is 2.66 bits per heavy atom. The lowest BCUT2D eigenvalue weighted by Gasteiger charge is -2.26. The van der Waals surface area contributed by atoms with Gasteiger partial charge in [-0.2, -0.15) is 4.31 Å². The van der Waals surface area contributed by atoms with Crippen molar-refractivity contribution in [3.63, 3.8) is 0 Å². The van der Waals surface area contributed by atoms with E-state index in [0.29, 0.717) is 32.1 Å². The maximum atomic E-state index is 13.0. The van der Waals surface area contributed by atoms with Gasteiger partial charge in [0.2, 0.25) is 10.0 Å². The number of fused-ring (bicyclic) bond motifs is 1. The molecule has 9 heteroatoms. The molecule has 1 heterocycles. The quantitative estimate of drug-likeness (QED) is 0.683. The number of anilines is 1. The number of nitrogens with one attached hydrogen (secondary N) is 1. The molecule has 1 amide bonds. The second-order valence-electron chi connectivity index (χ2n) is 7.82. The maximum absolute atomic E-state index is 13.0. The van der Waals surface area contributed by atoms with Crippen LogP contribution in [0.25, 0.3) is 0 Å². The normalized spacial score (nSPS) is 16.8. The molecule has 172 valence electrons. The van der Waals surface area contributed by atoms with Gasteiger partial charge < -0.3 is 19.5 Å². The molecule has 2 aromatic carbocycles. The van der Waals surface area contributed by atoms with Crippen LogP contribution in [0, 0.1) is 0 Å². The minimum Gasteiger partial charge on any atom is -0.495 e. The third-order valence-corrected chi connectivity index (χ3v) is 7.66. The second kappa shape index (κ2) is 9.89. The smallest absolute Gasteiger partial charge is 0.262 e. The van der Waals surface area contributed by atoms with Gasteiger partial charge in [0.1, 0.15) is 11.5 Å². The molecule has 0 bridgehead atoms. The highest BCUT2D eigenvalue weighted by atomic mass is 32.2. The van der Waals surface area contributed by atoms with Crippen LogP contribution in [0.3, 0.4) is 0 Å². The summed E-state index contributed by atoms with van der Waals surface area (Å²) in [5.41, 5.74) is 2.73. The molecule has 0 aromatic heterocycles. The first-order chi connectivity index (χ1) is 15.5. The fraction of sp³-hybridized carbons (Fsp3) is 0.435. The van der Waals surface area contributed by atoms with Gasteiger partial charge in [-0.05, 0) is 61.1 Å². The summed E-state index contributed by atoms with van der Waals surface area (Å²) in [7, 11) is -2.23. The SMILES string of the molecule is COc1ccc(S(=O)(=O)N2CCOCC2)cc1NC(=O)COc1cccc2c1CCCC2. The molecule has 0 saturated carbocycles. The molecular weight excluding hydrogens is 432 g/mol. The average Bonchev–Trinajstić information content (AvgIpc) is 2.83. The largest absolute Gasteiger partial charge is 0.495 e. The van der Waals surface area contributed by atoms with Crippen LogP contribution in [0.15, 0.2) is 41.3 Å². The van der Waals surface area contributed by atoms with Crippen molar-refractivity contribution in [3.05, 3.63) is 47.5 Å². The Labute approximate surface area is 188 Å². The van der Waals surface area contributed by atoms with Gasteiger partial charge in [-0.25, -0.2) is 8.42 Å². The Morgan fingerprint density at radius 2 is 1.88 bits per heavy atom.